The molecule has 1 N–H and O–H groups in total. The molecule has 7 heteroatoms. The fourth-order valence-corrected chi connectivity index (χ4v) is 3.97. The second kappa shape index (κ2) is 7.37. The Morgan fingerprint density at radius 1 is 1.18 bits per heavy atom. The average molecular weight is 382 g/mol. The van der Waals surface area contributed by atoms with E-state index in [9.17, 15) is 9.59 Å². The van der Waals surface area contributed by atoms with E-state index >= 15 is 0 Å². The normalized spacial score (nSPS) is 18.1. The molecule has 1 heterocycles. The van der Waals surface area contributed by atoms with Gasteiger partial charge in [-0.05, 0) is 49.9 Å². The minimum atomic E-state index is -0.470. The first-order valence-electron chi connectivity index (χ1n) is 9.92. The van der Waals surface area contributed by atoms with E-state index in [1.165, 1.54) is 0 Å². The Labute approximate surface area is 164 Å². The highest BCUT2D eigenvalue weighted by Crippen LogP contribution is 2.39. The van der Waals surface area contributed by atoms with Crippen molar-refractivity contribution in [2.75, 3.05) is 20.6 Å². The van der Waals surface area contributed by atoms with E-state index in [0.29, 0.717) is 23.9 Å². The first-order chi connectivity index (χ1) is 13.5. The van der Waals surface area contributed by atoms with Gasteiger partial charge in [-0.15, -0.1) is 0 Å². The summed E-state index contributed by atoms with van der Waals surface area (Å²) in [4.78, 5) is 31.3. The molecule has 2 fully saturated rings. The van der Waals surface area contributed by atoms with Crippen molar-refractivity contribution in [3.8, 4) is 11.5 Å². The fraction of sp³-hybridized carbons (Fsp3) is 0.524. The first-order valence-corrected chi connectivity index (χ1v) is 9.92. The molecule has 2 amide bonds. The van der Waals surface area contributed by atoms with Crippen LogP contribution < -0.4 is 5.32 Å². The average Bonchev–Trinajstić information content (AvgIpc) is 3.25. The number of rotatable bonds is 6. The number of carbonyl (C=O) groups excluding carboxylic acids is 2. The molecule has 2 aliphatic rings. The molecule has 0 radical (unpaired) electrons. The Balaban J connectivity index is 1.41. The van der Waals surface area contributed by atoms with Gasteiger partial charge in [-0.25, -0.2) is 0 Å². The Morgan fingerprint density at radius 3 is 2.46 bits per heavy atom. The molecule has 7 nitrogen and oxygen atoms in total. The van der Waals surface area contributed by atoms with E-state index in [0.717, 1.165) is 49.9 Å². The summed E-state index contributed by atoms with van der Waals surface area (Å²) in [5.74, 6) is 1.62. The summed E-state index contributed by atoms with van der Waals surface area (Å²) in [6.45, 7) is 0.374. The lowest BCUT2D eigenvalue weighted by Crippen LogP contribution is -2.46. The summed E-state index contributed by atoms with van der Waals surface area (Å²) >= 11 is 0. The van der Waals surface area contributed by atoms with Crippen LogP contribution in [0.15, 0.2) is 28.8 Å². The molecule has 0 atom stereocenters. The molecule has 1 aromatic heterocycles. The van der Waals surface area contributed by atoms with Gasteiger partial charge in [-0.3, -0.25) is 9.59 Å². The zero-order valence-corrected chi connectivity index (χ0v) is 16.4. The molecule has 1 aromatic carbocycles. The molecule has 2 aromatic rings. The zero-order chi connectivity index (χ0) is 19.7. The Hall–Kier alpha value is -2.70. The summed E-state index contributed by atoms with van der Waals surface area (Å²) in [6, 6.07) is 7.13. The van der Waals surface area contributed by atoms with Gasteiger partial charge in [0.1, 0.15) is 0 Å². The van der Waals surface area contributed by atoms with E-state index < -0.39 is 5.41 Å². The van der Waals surface area contributed by atoms with Crippen molar-refractivity contribution < 1.29 is 14.1 Å². The van der Waals surface area contributed by atoms with Crippen LogP contribution in [0.2, 0.25) is 0 Å². The summed E-state index contributed by atoms with van der Waals surface area (Å²) in [6.07, 6.45) is 5.94. The van der Waals surface area contributed by atoms with Crippen molar-refractivity contribution >= 4 is 11.8 Å². The minimum absolute atomic E-state index is 0.100. The van der Waals surface area contributed by atoms with Crippen LogP contribution in [0.3, 0.4) is 0 Å². The van der Waals surface area contributed by atoms with E-state index in [-0.39, 0.29) is 11.8 Å². The van der Waals surface area contributed by atoms with Crippen LogP contribution in [0.4, 0.5) is 0 Å². The van der Waals surface area contributed by atoms with Crippen LogP contribution in [0.1, 0.15) is 60.6 Å². The first kappa shape index (κ1) is 18.7. The monoisotopic (exact) mass is 382 g/mol. The van der Waals surface area contributed by atoms with Crippen molar-refractivity contribution in [1.29, 1.82) is 0 Å². The van der Waals surface area contributed by atoms with Crippen molar-refractivity contribution in [2.24, 2.45) is 5.41 Å². The predicted molar refractivity (Wildman–Crippen MR) is 104 cm³/mol. The minimum Gasteiger partial charge on any atom is -0.351 e. The van der Waals surface area contributed by atoms with Gasteiger partial charge in [0.25, 0.3) is 11.8 Å². The number of aromatic nitrogens is 2. The molecule has 0 saturated heterocycles. The van der Waals surface area contributed by atoms with E-state index in [1.54, 1.807) is 31.1 Å². The standard InChI is InChI=1S/C21H26N4O3/c1-25(2)20(27)21(11-3-4-12-21)13-22-18(26)15-7-9-16(10-8-15)19-23-17(24-28-19)14-5-6-14/h7-10,14H,3-6,11-13H2,1-2H3,(H,22,26). The maximum atomic E-state index is 12.6. The lowest BCUT2D eigenvalue weighted by atomic mass is 9.84. The fourth-order valence-electron chi connectivity index (χ4n) is 3.97. The Kier molecular flexibility index (Phi) is 4.91. The van der Waals surface area contributed by atoms with Gasteiger partial charge in [0.15, 0.2) is 5.82 Å². The van der Waals surface area contributed by atoms with E-state index in [4.69, 9.17) is 4.52 Å². The van der Waals surface area contributed by atoms with Gasteiger partial charge in [0.2, 0.25) is 5.91 Å². The van der Waals surface area contributed by atoms with Gasteiger partial charge in [0, 0.05) is 37.7 Å². The summed E-state index contributed by atoms with van der Waals surface area (Å²) in [5.41, 5.74) is 0.879. The van der Waals surface area contributed by atoms with Gasteiger partial charge in [0.05, 0.1) is 5.41 Å². The largest absolute Gasteiger partial charge is 0.351 e. The summed E-state index contributed by atoms with van der Waals surface area (Å²) in [5, 5.41) is 6.99. The number of nitrogens with one attached hydrogen (secondary N) is 1. The number of amides is 2. The quantitative estimate of drug-likeness (QED) is 0.830. The molecule has 0 bridgehead atoms. The third kappa shape index (κ3) is 3.66. The molecule has 4 rings (SSSR count). The number of hydrogen-bond acceptors (Lipinski definition) is 5. The lowest BCUT2D eigenvalue weighted by Gasteiger charge is -2.30. The second-order valence-corrected chi connectivity index (χ2v) is 8.18. The number of nitrogens with zero attached hydrogens (tertiary/aromatic N) is 3. The van der Waals surface area contributed by atoms with Crippen LogP contribution in [0.5, 0.6) is 0 Å². The number of hydrogen-bond donors (Lipinski definition) is 1. The van der Waals surface area contributed by atoms with Crippen LogP contribution in [0.25, 0.3) is 11.5 Å². The highest BCUT2D eigenvalue weighted by molar-refractivity contribution is 5.95. The Bertz CT molecular complexity index is 862. The number of benzene rings is 1. The molecular weight excluding hydrogens is 356 g/mol. The maximum Gasteiger partial charge on any atom is 0.257 e. The maximum absolute atomic E-state index is 12.6. The predicted octanol–water partition coefficient (Wildman–Crippen LogP) is 2.99. The van der Waals surface area contributed by atoms with Gasteiger partial charge < -0.3 is 14.7 Å². The smallest absolute Gasteiger partial charge is 0.257 e. The third-order valence-electron chi connectivity index (χ3n) is 5.79. The zero-order valence-electron chi connectivity index (χ0n) is 16.4. The number of carbonyl (C=O) groups is 2. The van der Waals surface area contributed by atoms with Gasteiger partial charge in [-0.1, -0.05) is 18.0 Å². The van der Waals surface area contributed by atoms with Crippen molar-refractivity contribution in [1.82, 2.24) is 20.4 Å². The molecule has 0 unspecified atom stereocenters. The van der Waals surface area contributed by atoms with E-state index in [2.05, 4.69) is 15.5 Å². The molecule has 148 valence electrons. The molecule has 0 aliphatic heterocycles. The molecular formula is C21H26N4O3. The highest BCUT2D eigenvalue weighted by Gasteiger charge is 2.42. The SMILES string of the molecule is CN(C)C(=O)C1(CNC(=O)c2ccc(-c3nc(C4CC4)no3)cc2)CCCC1. The van der Waals surface area contributed by atoms with Gasteiger partial charge >= 0.3 is 0 Å². The van der Waals surface area contributed by atoms with Crippen LogP contribution in [0, 0.1) is 5.41 Å². The highest BCUT2D eigenvalue weighted by atomic mass is 16.5. The van der Waals surface area contributed by atoms with Crippen LogP contribution >= 0.6 is 0 Å². The molecule has 0 spiro atoms. The van der Waals surface area contributed by atoms with Crippen LogP contribution in [-0.4, -0.2) is 47.5 Å². The van der Waals surface area contributed by atoms with Crippen molar-refractivity contribution in [2.45, 2.75) is 44.4 Å². The molecule has 2 saturated carbocycles. The Morgan fingerprint density at radius 2 is 1.86 bits per heavy atom. The van der Waals surface area contributed by atoms with Crippen molar-refractivity contribution in [3.05, 3.63) is 35.7 Å². The second-order valence-electron chi connectivity index (χ2n) is 8.18. The lowest BCUT2D eigenvalue weighted by molar-refractivity contribution is -0.138. The van der Waals surface area contributed by atoms with E-state index in [1.807, 2.05) is 12.1 Å². The molecule has 28 heavy (non-hydrogen) atoms. The van der Waals surface area contributed by atoms with Crippen molar-refractivity contribution in [3.63, 3.8) is 0 Å². The summed E-state index contributed by atoms with van der Waals surface area (Å²) in [7, 11) is 3.55. The summed E-state index contributed by atoms with van der Waals surface area (Å²) < 4.78 is 5.33. The van der Waals surface area contributed by atoms with Gasteiger partial charge in [-0.2, -0.15) is 4.98 Å². The third-order valence-corrected chi connectivity index (χ3v) is 5.79. The topological polar surface area (TPSA) is 88.3 Å². The molecule has 2 aliphatic carbocycles. The van der Waals surface area contributed by atoms with Crippen LogP contribution in [-0.2, 0) is 4.79 Å².